The van der Waals surface area contributed by atoms with Crippen LogP contribution in [0.2, 0.25) is 0 Å². The summed E-state index contributed by atoms with van der Waals surface area (Å²) in [7, 11) is 3.18. The second-order valence-electron chi connectivity index (χ2n) is 5.49. The molecule has 2 N–H and O–H groups in total. The predicted molar refractivity (Wildman–Crippen MR) is 96.1 cm³/mol. The summed E-state index contributed by atoms with van der Waals surface area (Å²) in [6.45, 7) is 2.21. The normalized spacial score (nSPS) is 10.0. The lowest BCUT2D eigenvalue weighted by atomic mass is 10.1. The molecule has 2 amide bonds. The molecule has 2 aromatic carbocycles. The van der Waals surface area contributed by atoms with Gasteiger partial charge >= 0.3 is 11.8 Å². The van der Waals surface area contributed by atoms with Crippen LogP contribution in [-0.2, 0) is 16.0 Å². The minimum Gasteiger partial charge on any atom is -0.497 e. The fourth-order valence-electron chi connectivity index (χ4n) is 2.28. The van der Waals surface area contributed by atoms with Gasteiger partial charge in [-0.25, -0.2) is 0 Å². The molecule has 0 radical (unpaired) electrons. The van der Waals surface area contributed by atoms with Gasteiger partial charge in [0, 0.05) is 12.2 Å². The molecule has 6 nitrogen and oxygen atoms in total. The standard InChI is InChI=1S/C19H22N2O4/c1-13-12-16(25-3)8-9-17(13)21-19(23)18(22)20-11-10-14-4-6-15(24-2)7-5-14/h4-9,12H,10-11H2,1-3H3,(H,20,22)(H,21,23). The van der Waals surface area contributed by atoms with E-state index in [1.54, 1.807) is 32.4 Å². The van der Waals surface area contributed by atoms with Crippen LogP contribution in [0, 0.1) is 6.92 Å². The van der Waals surface area contributed by atoms with Crippen molar-refractivity contribution in [3.05, 3.63) is 53.6 Å². The van der Waals surface area contributed by atoms with Crippen LogP contribution in [0.3, 0.4) is 0 Å². The Morgan fingerprint density at radius 1 is 0.920 bits per heavy atom. The highest BCUT2D eigenvalue weighted by molar-refractivity contribution is 6.39. The number of amides is 2. The summed E-state index contributed by atoms with van der Waals surface area (Å²) < 4.78 is 10.2. The average molecular weight is 342 g/mol. The summed E-state index contributed by atoms with van der Waals surface area (Å²) in [6.07, 6.45) is 0.630. The highest BCUT2D eigenvalue weighted by Gasteiger charge is 2.14. The Balaban J connectivity index is 1.82. The molecule has 0 aromatic heterocycles. The predicted octanol–water partition coefficient (Wildman–Crippen LogP) is 2.31. The van der Waals surface area contributed by atoms with E-state index in [1.807, 2.05) is 31.2 Å². The van der Waals surface area contributed by atoms with Crippen molar-refractivity contribution in [2.24, 2.45) is 0 Å². The Labute approximate surface area is 147 Å². The molecule has 2 rings (SSSR count). The fourth-order valence-corrected chi connectivity index (χ4v) is 2.28. The molecule has 6 heteroatoms. The van der Waals surface area contributed by atoms with Crippen LogP contribution in [0.5, 0.6) is 11.5 Å². The molecule has 0 saturated heterocycles. The van der Waals surface area contributed by atoms with Crippen molar-refractivity contribution >= 4 is 17.5 Å². The zero-order chi connectivity index (χ0) is 18.2. The molecule has 2 aromatic rings. The van der Waals surface area contributed by atoms with E-state index in [4.69, 9.17) is 9.47 Å². The number of anilines is 1. The van der Waals surface area contributed by atoms with Gasteiger partial charge in [0.05, 0.1) is 14.2 Å². The number of carbonyl (C=O) groups is 2. The van der Waals surface area contributed by atoms with Crippen LogP contribution >= 0.6 is 0 Å². The van der Waals surface area contributed by atoms with Crippen molar-refractivity contribution in [2.75, 3.05) is 26.1 Å². The number of methoxy groups -OCH3 is 2. The third-order valence-electron chi connectivity index (χ3n) is 3.75. The van der Waals surface area contributed by atoms with Crippen LogP contribution in [0.1, 0.15) is 11.1 Å². The maximum atomic E-state index is 12.0. The first-order chi connectivity index (χ1) is 12.0. The van der Waals surface area contributed by atoms with Crippen molar-refractivity contribution in [1.29, 1.82) is 0 Å². The first-order valence-electron chi connectivity index (χ1n) is 7.90. The zero-order valence-corrected chi connectivity index (χ0v) is 14.6. The topological polar surface area (TPSA) is 76.7 Å². The number of hydrogen-bond donors (Lipinski definition) is 2. The monoisotopic (exact) mass is 342 g/mol. The van der Waals surface area contributed by atoms with E-state index in [0.717, 1.165) is 16.9 Å². The second kappa shape index (κ2) is 8.73. The Hall–Kier alpha value is -3.02. The zero-order valence-electron chi connectivity index (χ0n) is 14.6. The molecule has 0 heterocycles. The number of rotatable bonds is 6. The van der Waals surface area contributed by atoms with Crippen LogP contribution in [-0.4, -0.2) is 32.6 Å². The molecule has 0 fully saturated rings. The molecule has 0 spiro atoms. The summed E-state index contributed by atoms with van der Waals surface area (Å²) in [5.74, 6) is 0.119. The van der Waals surface area contributed by atoms with Crippen molar-refractivity contribution in [2.45, 2.75) is 13.3 Å². The molecule has 0 aliphatic carbocycles. The molecular formula is C19H22N2O4. The van der Waals surface area contributed by atoms with Crippen LogP contribution in [0.4, 0.5) is 5.69 Å². The lowest BCUT2D eigenvalue weighted by molar-refractivity contribution is -0.136. The van der Waals surface area contributed by atoms with Crippen molar-refractivity contribution in [3.63, 3.8) is 0 Å². The smallest absolute Gasteiger partial charge is 0.313 e. The molecule has 0 aliphatic rings. The maximum absolute atomic E-state index is 12.0. The molecule has 0 bridgehead atoms. The molecule has 0 unspecified atom stereocenters. The first kappa shape index (κ1) is 18.3. The average Bonchev–Trinajstić information content (AvgIpc) is 2.63. The van der Waals surface area contributed by atoms with Gasteiger partial charge in [-0.3, -0.25) is 9.59 Å². The number of hydrogen-bond acceptors (Lipinski definition) is 4. The summed E-state index contributed by atoms with van der Waals surface area (Å²) >= 11 is 0. The van der Waals surface area contributed by atoms with E-state index >= 15 is 0 Å². The van der Waals surface area contributed by atoms with E-state index in [0.29, 0.717) is 24.4 Å². The lowest BCUT2D eigenvalue weighted by Gasteiger charge is -2.10. The van der Waals surface area contributed by atoms with Gasteiger partial charge in [-0.05, 0) is 54.8 Å². The Morgan fingerprint density at radius 2 is 1.56 bits per heavy atom. The van der Waals surface area contributed by atoms with Gasteiger partial charge in [0.1, 0.15) is 11.5 Å². The van der Waals surface area contributed by atoms with E-state index in [2.05, 4.69) is 10.6 Å². The number of carbonyl (C=O) groups excluding carboxylic acids is 2. The first-order valence-corrected chi connectivity index (χ1v) is 7.90. The molecule has 25 heavy (non-hydrogen) atoms. The molecule has 0 saturated carbocycles. The minimum atomic E-state index is -0.692. The summed E-state index contributed by atoms with van der Waals surface area (Å²) in [6, 6.07) is 12.8. The van der Waals surface area contributed by atoms with Gasteiger partial charge < -0.3 is 20.1 Å². The second-order valence-corrected chi connectivity index (χ2v) is 5.49. The SMILES string of the molecule is COc1ccc(CCNC(=O)C(=O)Nc2ccc(OC)cc2C)cc1. The Kier molecular flexibility index (Phi) is 6.39. The largest absolute Gasteiger partial charge is 0.497 e. The van der Waals surface area contributed by atoms with Gasteiger partial charge in [-0.15, -0.1) is 0 Å². The van der Waals surface area contributed by atoms with Gasteiger partial charge in [0.25, 0.3) is 0 Å². The summed E-state index contributed by atoms with van der Waals surface area (Å²) in [5, 5.41) is 5.22. The van der Waals surface area contributed by atoms with Crippen LogP contribution in [0.15, 0.2) is 42.5 Å². The highest BCUT2D eigenvalue weighted by atomic mass is 16.5. The molecule has 0 atom stereocenters. The van der Waals surface area contributed by atoms with Crippen LogP contribution in [0.25, 0.3) is 0 Å². The van der Waals surface area contributed by atoms with E-state index in [-0.39, 0.29) is 0 Å². The number of benzene rings is 2. The quantitative estimate of drug-likeness (QED) is 0.790. The van der Waals surface area contributed by atoms with Crippen molar-refractivity contribution < 1.29 is 19.1 Å². The summed E-state index contributed by atoms with van der Waals surface area (Å²) in [4.78, 5) is 23.9. The maximum Gasteiger partial charge on any atom is 0.313 e. The van der Waals surface area contributed by atoms with Gasteiger partial charge in [0.15, 0.2) is 0 Å². The Morgan fingerprint density at radius 3 is 2.16 bits per heavy atom. The number of aryl methyl sites for hydroxylation is 1. The number of nitrogens with one attached hydrogen (secondary N) is 2. The van der Waals surface area contributed by atoms with Crippen molar-refractivity contribution in [3.8, 4) is 11.5 Å². The minimum absolute atomic E-state index is 0.375. The molecule has 132 valence electrons. The Bertz CT molecular complexity index is 742. The summed E-state index contributed by atoms with van der Waals surface area (Å²) in [5.41, 5.74) is 2.45. The number of ether oxygens (including phenoxy) is 2. The third-order valence-corrected chi connectivity index (χ3v) is 3.75. The van der Waals surface area contributed by atoms with Crippen molar-refractivity contribution in [1.82, 2.24) is 5.32 Å². The van der Waals surface area contributed by atoms with E-state index in [9.17, 15) is 9.59 Å². The van der Waals surface area contributed by atoms with Gasteiger partial charge in [-0.1, -0.05) is 12.1 Å². The third kappa shape index (κ3) is 5.24. The molecular weight excluding hydrogens is 320 g/mol. The van der Waals surface area contributed by atoms with E-state index < -0.39 is 11.8 Å². The van der Waals surface area contributed by atoms with Gasteiger partial charge in [0.2, 0.25) is 0 Å². The van der Waals surface area contributed by atoms with E-state index in [1.165, 1.54) is 0 Å². The van der Waals surface area contributed by atoms with Crippen LogP contribution < -0.4 is 20.1 Å². The lowest BCUT2D eigenvalue weighted by Crippen LogP contribution is -2.36. The fraction of sp³-hybridized carbons (Fsp3) is 0.263. The highest BCUT2D eigenvalue weighted by Crippen LogP contribution is 2.20. The molecule has 0 aliphatic heterocycles. The van der Waals surface area contributed by atoms with Gasteiger partial charge in [-0.2, -0.15) is 0 Å².